The van der Waals surface area contributed by atoms with Gasteiger partial charge in [0, 0.05) is 11.1 Å². The van der Waals surface area contributed by atoms with Gasteiger partial charge in [-0.15, -0.1) is 0 Å². The topological polar surface area (TPSA) is 9.23 Å². The summed E-state index contributed by atoms with van der Waals surface area (Å²) in [6.07, 6.45) is 14.7. The quantitative estimate of drug-likeness (QED) is 0.220. The molecule has 0 bridgehead atoms. The van der Waals surface area contributed by atoms with Crippen LogP contribution in [0, 0.1) is 17.8 Å². The van der Waals surface area contributed by atoms with Crippen LogP contribution in [0.3, 0.4) is 0 Å². The maximum absolute atomic E-state index is 5.77. The van der Waals surface area contributed by atoms with Crippen LogP contribution in [0.5, 0.6) is 5.75 Å². The molecule has 0 atom stereocenters. The summed E-state index contributed by atoms with van der Waals surface area (Å²) < 4.78 is 5.77. The van der Waals surface area contributed by atoms with E-state index in [4.69, 9.17) is 4.74 Å². The van der Waals surface area contributed by atoms with Gasteiger partial charge in [0.15, 0.2) is 0 Å². The molecule has 1 heteroatoms. The highest BCUT2D eigenvalue weighted by Crippen LogP contribution is 2.14. The zero-order chi connectivity index (χ0) is 22.2. The Kier molecular flexibility index (Phi) is 12.6. The minimum Gasteiger partial charge on any atom is -0.494 e. The lowest BCUT2D eigenvalue weighted by molar-refractivity contribution is 0.289. The van der Waals surface area contributed by atoms with Crippen LogP contribution >= 0.6 is 0 Å². The highest BCUT2D eigenvalue weighted by Gasteiger charge is 1.98. The Balaban J connectivity index is 1.66. The monoisotopic (exact) mass is 418 g/mol. The zero-order valence-corrected chi connectivity index (χ0v) is 20.1. The molecule has 168 valence electrons. The molecule has 0 N–H and O–H groups in total. The number of ether oxygens (including phenoxy) is 1. The minimum atomic E-state index is 0.668. The first-order valence-corrected chi connectivity index (χ1v) is 12.5. The summed E-state index contributed by atoms with van der Waals surface area (Å²) in [5.74, 6) is 8.13. The Hall–Kier alpha value is -2.20. The molecule has 1 nitrogen and oxygen atoms in total. The van der Waals surface area contributed by atoms with Gasteiger partial charge < -0.3 is 4.74 Å². The number of hydrogen-bond acceptors (Lipinski definition) is 1. The lowest BCUT2D eigenvalue weighted by atomic mass is 10.0. The number of rotatable bonds is 14. The van der Waals surface area contributed by atoms with Crippen LogP contribution in [0.1, 0.15) is 102 Å². The van der Waals surface area contributed by atoms with E-state index >= 15 is 0 Å². The molecule has 0 saturated heterocycles. The summed E-state index contributed by atoms with van der Waals surface area (Å²) in [6, 6.07) is 16.9. The maximum atomic E-state index is 5.77. The van der Waals surface area contributed by atoms with Gasteiger partial charge in [-0.2, -0.15) is 0 Å². The predicted octanol–water partition coefficient (Wildman–Crippen LogP) is 8.58. The first-order chi connectivity index (χ1) is 15.2. The van der Waals surface area contributed by atoms with Gasteiger partial charge >= 0.3 is 0 Å². The Labute approximate surface area is 191 Å². The second kappa shape index (κ2) is 15.6. The van der Waals surface area contributed by atoms with Crippen molar-refractivity contribution in [3.63, 3.8) is 0 Å². The van der Waals surface area contributed by atoms with Crippen LogP contribution in [0.25, 0.3) is 0 Å². The Morgan fingerprint density at radius 1 is 0.677 bits per heavy atom. The van der Waals surface area contributed by atoms with E-state index in [0.717, 1.165) is 29.9 Å². The molecule has 0 spiro atoms. The molecule has 0 fully saturated rings. The molecule has 0 aromatic heterocycles. The fraction of sp³-hybridized carbons (Fsp3) is 0.533. The normalized spacial score (nSPS) is 10.7. The summed E-state index contributed by atoms with van der Waals surface area (Å²) in [4.78, 5) is 0. The third-order valence-electron chi connectivity index (χ3n) is 5.69. The zero-order valence-electron chi connectivity index (χ0n) is 20.1. The maximum Gasteiger partial charge on any atom is 0.119 e. The van der Waals surface area contributed by atoms with Crippen molar-refractivity contribution in [1.29, 1.82) is 0 Å². The van der Waals surface area contributed by atoms with Crippen LogP contribution in [0.2, 0.25) is 0 Å². The van der Waals surface area contributed by atoms with Crippen LogP contribution in [0.4, 0.5) is 0 Å². The van der Waals surface area contributed by atoms with Crippen LogP contribution in [-0.2, 0) is 6.42 Å². The molecule has 2 aromatic rings. The number of aryl methyl sites for hydroxylation is 1. The number of benzene rings is 2. The molecule has 0 unspecified atom stereocenters. The second-order valence-electron chi connectivity index (χ2n) is 9.08. The number of unbranched alkanes of at least 4 members (excludes halogenated alkanes) is 8. The summed E-state index contributed by atoms with van der Waals surface area (Å²) in [6.45, 7) is 7.48. The first kappa shape index (κ1) is 25.1. The van der Waals surface area contributed by atoms with Gasteiger partial charge in [0.05, 0.1) is 6.61 Å². The van der Waals surface area contributed by atoms with Gasteiger partial charge in [-0.05, 0) is 67.1 Å². The Bertz CT molecular complexity index is 759. The molecule has 0 heterocycles. The summed E-state index contributed by atoms with van der Waals surface area (Å²) in [5.41, 5.74) is 3.53. The lowest BCUT2D eigenvalue weighted by Crippen LogP contribution is -2.01. The standard InChI is InChI=1S/C30H42O/c1-4-5-6-7-8-9-10-11-12-13-27-14-16-28(17-15-27)18-19-29-20-22-30(23-21-29)31-25-24-26(2)3/h14-17,20-23,26H,4-13,24-25H2,1-3H3. The second-order valence-corrected chi connectivity index (χ2v) is 9.08. The highest BCUT2D eigenvalue weighted by atomic mass is 16.5. The fourth-order valence-corrected chi connectivity index (χ4v) is 3.59. The first-order valence-electron chi connectivity index (χ1n) is 12.5. The third kappa shape index (κ3) is 11.7. The van der Waals surface area contributed by atoms with Gasteiger partial charge in [-0.25, -0.2) is 0 Å². The minimum absolute atomic E-state index is 0.668. The lowest BCUT2D eigenvalue weighted by Gasteiger charge is -2.07. The molecule has 0 saturated carbocycles. The smallest absolute Gasteiger partial charge is 0.119 e. The molecule has 0 radical (unpaired) electrons. The van der Waals surface area contributed by atoms with E-state index in [2.05, 4.69) is 56.9 Å². The van der Waals surface area contributed by atoms with E-state index < -0.39 is 0 Å². The van der Waals surface area contributed by atoms with E-state index in [-0.39, 0.29) is 0 Å². The summed E-state index contributed by atoms with van der Waals surface area (Å²) >= 11 is 0. The Morgan fingerprint density at radius 2 is 1.19 bits per heavy atom. The van der Waals surface area contributed by atoms with Crippen molar-refractivity contribution in [2.45, 2.75) is 91.4 Å². The largest absolute Gasteiger partial charge is 0.494 e. The fourth-order valence-electron chi connectivity index (χ4n) is 3.59. The predicted molar refractivity (Wildman–Crippen MR) is 135 cm³/mol. The molecule has 31 heavy (non-hydrogen) atoms. The van der Waals surface area contributed by atoms with Crippen LogP contribution in [0.15, 0.2) is 48.5 Å². The highest BCUT2D eigenvalue weighted by molar-refractivity contribution is 5.44. The van der Waals surface area contributed by atoms with Gasteiger partial charge in [-0.3, -0.25) is 0 Å². The molecule has 0 aliphatic heterocycles. The van der Waals surface area contributed by atoms with E-state index in [1.807, 2.05) is 24.3 Å². The molecular weight excluding hydrogens is 376 g/mol. The van der Waals surface area contributed by atoms with E-state index in [1.165, 1.54) is 69.8 Å². The molecule has 2 rings (SSSR count). The van der Waals surface area contributed by atoms with Crippen molar-refractivity contribution in [1.82, 2.24) is 0 Å². The van der Waals surface area contributed by atoms with Crippen molar-refractivity contribution in [2.75, 3.05) is 6.61 Å². The van der Waals surface area contributed by atoms with Gasteiger partial charge in [-0.1, -0.05) is 96.1 Å². The summed E-state index contributed by atoms with van der Waals surface area (Å²) in [5, 5.41) is 0. The van der Waals surface area contributed by atoms with Crippen LogP contribution in [-0.4, -0.2) is 6.61 Å². The molecule has 0 amide bonds. The van der Waals surface area contributed by atoms with E-state index in [1.54, 1.807) is 0 Å². The number of hydrogen-bond donors (Lipinski definition) is 0. The molecule has 0 aliphatic carbocycles. The molecule has 2 aromatic carbocycles. The third-order valence-corrected chi connectivity index (χ3v) is 5.69. The van der Waals surface area contributed by atoms with Gasteiger partial charge in [0.1, 0.15) is 5.75 Å². The van der Waals surface area contributed by atoms with E-state index in [9.17, 15) is 0 Å². The summed E-state index contributed by atoms with van der Waals surface area (Å²) in [7, 11) is 0. The Morgan fingerprint density at radius 3 is 1.74 bits per heavy atom. The molecular formula is C30H42O. The van der Waals surface area contributed by atoms with E-state index in [0.29, 0.717) is 5.92 Å². The van der Waals surface area contributed by atoms with Gasteiger partial charge in [0.2, 0.25) is 0 Å². The average molecular weight is 419 g/mol. The van der Waals surface area contributed by atoms with Crippen molar-refractivity contribution < 1.29 is 4.74 Å². The average Bonchev–Trinajstić information content (AvgIpc) is 2.78. The van der Waals surface area contributed by atoms with Gasteiger partial charge in [0.25, 0.3) is 0 Å². The molecule has 0 aliphatic rings. The van der Waals surface area contributed by atoms with Crippen molar-refractivity contribution in [2.24, 2.45) is 5.92 Å². The van der Waals surface area contributed by atoms with Crippen LogP contribution < -0.4 is 4.74 Å². The van der Waals surface area contributed by atoms with Crippen molar-refractivity contribution >= 4 is 0 Å². The van der Waals surface area contributed by atoms with Crippen molar-refractivity contribution in [3.05, 3.63) is 65.2 Å². The van der Waals surface area contributed by atoms with Crippen molar-refractivity contribution in [3.8, 4) is 17.6 Å². The SMILES string of the molecule is CCCCCCCCCCCc1ccc(C#Cc2ccc(OCCC(C)C)cc2)cc1.